The van der Waals surface area contributed by atoms with Crippen LogP contribution in [0, 0.1) is 6.92 Å². The lowest BCUT2D eigenvalue weighted by Crippen LogP contribution is -2.72. The number of fused-ring (bicyclic) bond motifs is 2. The summed E-state index contributed by atoms with van der Waals surface area (Å²) in [6.07, 6.45) is -2.11. The van der Waals surface area contributed by atoms with Gasteiger partial charge < -0.3 is 44.3 Å². The summed E-state index contributed by atoms with van der Waals surface area (Å²) < 4.78 is 30.3. The van der Waals surface area contributed by atoms with E-state index in [0.29, 0.717) is 31.4 Å². The molecule has 2 aromatic rings. The Morgan fingerprint density at radius 1 is 0.877 bits per heavy atom. The van der Waals surface area contributed by atoms with Gasteiger partial charge in [-0.05, 0) is 95.3 Å². The van der Waals surface area contributed by atoms with Crippen molar-refractivity contribution in [3.05, 3.63) is 70.3 Å². The van der Waals surface area contributed by atoms with Gasteiger partial charge in [0.25, 0.3) is 0 Å². The van der Waals surface area contributed by atoms with E-state index in [2.05, 4.69) is 29.4 Å². The van der Waals surface area contributed by atoms with E-state index in [1.54, 1.807) is 19.9 Å². The van der Waals surface area contributed by atoms with E-state index >= 15 is 0 Å². The predicted octanol–water partition coefficient (Wildman–Crippen LogP) is 3.78. The van der Waals surface area contributed by atoms with Crippen LogP contribution < -0.4 is 10.6 Å². The highest BCUT2D eigenvalue weighted by Crippen LogP contribution is 2.56. The second-order valence-corrected chi connectivity index (χ2v) is 16.1. The average Bonchev–Trinajstić information content (AvgIpc) is 3.51. The first-order valence-corrected chi connectivity index (χ1v) is 19.8. The standard InChI is InChI=1S/C43H61N3O11/c1-11-46(12-2)23-22-44-39(51)40(7,8)45-35(50)15-13-14-31-17-19-32(20-18-31)24-33-25-34(21-16-27(33)3)43-38(56-30(6)49)36(54-28(4)47)37(55-29(5)48)42(57-43,26-53-43)41(9,10)52/h16-21,25,36-38,52H,11-15,22-24,26H2,1-10H3,(H,44,51)(H,45,50)/t36-,37-,38+,42-,43-/m0/s1. The van der Waals surface area contributed by atoms with E-state index < -0.39 is 58.7 Å². The fourth-order valence-corrected chi connectivity index (χ4v) is 7.53. The van der Waals surface area contributed by atoms with Gasteiger partial charge in [0, 0.05) is 45.8 Å². The Balaban J connectivity index is 1.48. The van der Waals surface area contributed by atoms with Crippen molar-refractivity contribution in [2.75, 3.05) is 32.8 Å². The van der Waals surface area contributed by atoms with Gasteiger partial charge in [-0.3, -0.25) is 24.0 Å². The van der Waals surface area contributed by atoms with Crippen molar-refractivity contribution in [1.82, 2.24) is 15.5 Å². The molecule has 0 unspecified atom stereocenters. The molecular weight excluding hydrogens is 734 g/mol. The van der Waals surface area contributed by atoms with Crippen molar-refractivity contribution < 1.29 is 52.8 Å². The second-order valence-electron chi connectivity index (χ2n) is 16.1. The van der Waals surface area contributed by atoms with Crippen LogP contribution in [-0.4, -0.2) is 108 Å². The molecule has 314 valence electrons. The number of rotatable bonds is 18. The molecule has 2 amide bonds. The lowest BCUT2D eigenvalue weighted by atomic mass is 9.74. The van der Waals surface area contributed by atoms with Crippen molar-refractivity contribution in [3.63, 3.8) is 0 Å². The number of esters is 3. The van der Waals surface area contributed by atoms with Crippen molar-refractivity contribution in [1.29, 1.82) is 0 Å². The van der Waals surface area contributed by atoms with E-state index in [1.165, 1.54) is 34.6 Å². The van der Waals surface area contributed by atoms with Crippen LogP contribution >= 0.6 is 0 Å². The summed E-state index contributed by atoms with van der Waals surface area (Å²) in [7, 11) is 0. The Morgan fingerprint density at radius 2 is 1.47 bits per heavy atom. The highest BCUT2D eigenvalue weighted by molar-refractivity contribution is 5.90. The third kappa shape index (κ3) is 10.6. The number of hydrogen-bond acceptors (Lipinski definition) is 12. The minimum atomic E-state index is -1.84. The Bertz CT molecular complexity index is 1770. The molecule has 3 N–H and O–H groups in total. The number of hydrogen-bond donors (Lipinski definition) is 3. The van der Waals surface area contributed by atoms with E-state index in [0.717, 1.165) is 41.9 Å². The van der Waals surface area contributed by atoms with Gasteiger partial charge >= 0.3 is 17.9 Å². The van der Waals surface area contributed by atoms with Gasteiger partial charge in [-0.15, -0.1) is 0 Å². The van der Waals surface area contributed by atoms with Crippen molar-refractivity contribution in [2.24, 2.45) is 0 Å². The van der Waals surface area contributed by atoms with Crippen LogP contribution in [0.15, 0.2) is 42.5 Å². The van der Waals surface area contributed by atoms with Crippen molar-refractivity contribution in [2.45, 2.75) is 136 Å². The van der Waals surface area contributed by atoms with Gasteiger partial charge in [0.05, 0.1) is 12.2 Å². The van der Waals surface area contributed by atoms with Crippen molar-refractivity contribution >= 4 is 29.7 Å². The topological polar surface area (TPSA) is 179 Å². The van der Waals surface area contributed by atoms with Gasteiger partial charge in [-0.1, -0.05) is 50.2 Å². The monoisotopic (exact) mass is 795 g/mol. The minimum absolute atomic E-state index is 0.185. The van der Waals surface area contributed by atoms with Crippen LogP contribution in [0.1, 0.15) is 103 Å². The number of amides is 2. The normalized spacial score (nSPS) is 23.1. The number of aliphatic hydroxyl groups is 1. The fourth-order valence-electron chi connectivity index (χ4n) is 7.53. The molecule has 0 spiro atoms. The van der Waals surface area contributed by atoms with E-state index in [4.69, 9.17) is 23.7 Å². The predicted molar refractivity (Wildman–Crippen MR) is 211 cm³/mol. The van der Waals surface area contributed by atoms with Gasteiger partial charge in [-0.25, -0.2) is 0 Å². The molecule has 14 nitrogen and oxygen atoms in total. The molecule has 0 aliphatic carbocycles. The number of aryl methyl sites for hydroxylation is 2. The van der Waals surface area contributed by atoms with E-state index in [-0.39, 0.29) is 24.8 Å². The summed E-state index contributed by atoms with van der Waals surface area (Å²) in [5.74, 6) is -4.40. The van der Waals surface area contributed by atoms with Crippen LogP contribution in [0.2, 0.25) is 0 Å². The van der Waals surface area contributed by atoms with Gasteiger partial charge in [0.1, 0.15) is 5.54 Å². The molecule has 14 heteroatoms. The van der Waals surface area contributed by atoms with Crippen LogP contribution in [0.3, 0.4) is 0 Å². The molecule has 5 atom stereocenters. The van der Waals surface area contributed by atoms with Crippen LogP contribution in [0.5, 0.6) is 0 Å². The summed E-state index contributed by atoms with van der Waals surface area (Å²) in [6, 6.07) is 13.6. The van der Waals surface area contributed by atoms with E-state index in [1.807, 2.05) is 43.3 Å². The molecule has 57 heavy (non-hydrogen) atoms. The maximum atomic E-state index is 12.8. The van der Waals surface area contributed by atoms with Crippen LogP contribution in [0.4, 0.5) is 0 Å². The molecule has 4 rings (SSSR count). The van der Waals surface area contributed by atoms with Crippen LogP contribution in [-0.2, 0) is 66.3 Å². The number of nitrogens with one attached hydrogen (secondary N) is 2. The molecule has 2 aliphatic heterocycles. The molecule has 2 saturated heterocycles. The lowest BCUT2D eigenvalue weighted by Gasteiger charge is -2.52. The van der Waals surface area contributed by atoms with Crippen LogP contribution in [0.25, 0.3) is 0 Å². The minimum Gasteiger partial charge on any atom is -0.455 e. The molecular formula is C43H61N3O11. The maximum absolute atomic E-state index is 12.8. The maximum Gasteiger partial charge on any atom is 0.303 e. The van der Waals surface area contributed by atoms with Gasteiger partial charge in [0.2, 0.25) is 23.7 Å². The molecule has 2 aromatic carbocycles. The fraction of sp³-hybridized carbons (Fsp3) is 0.605. The zero-order valence-electron chi connectivity index (χ0n) is 35.1. The first-order chi connectivity index (χ1) is 26.7. The SMILES string of the molecule is CCN(CC)CCNC(=O)C(C)(C)NC(=O)CCCc1ccc(Cc2cc([C@]34OC[C@](C(C)(C)O)(O3)[C@@H](OC(C)=O)[C@H](OC(C)=O)[C@H]4OC(C)=O)ccc2C)cc1. The molecule has 0 radical (unpaired) electrons. The Labute approximate surface area is 336 Å². The lowest BCUT2D eigenvalue weighted by molar-refractivity contribution is -0.350. The largest absolute Gasteiger partial charge is 0.455 e. The molecule has 0 aromatic heterocycles. The highest BCUT2D eigenvalue weighted by atomic mass is 16.8. The summed E-state index contributed by atoms with van der Waals surface area (Å²) in [5, 5.41) is 17.3. The first kappa shape index (κ1) is 45.3. The second kappa shape index (κ2) is 18.5. The third-order valence-electron chi connectivity index (χ3n) is 10.9. The number of likely N-dealkylation sites (N-methyl/N-ethyl adjacent to an activating group) is 1. The zero-order valence-corrected chi connectivity index (χ0v) is 35.1. The Morgan fingerprint density at radius 3 is 2.05 bits per heavy atom. The molecule has 2 bridgehead atoms. The number of ether oxygens (including phenoxy) is 5. The quantitative estimate of drug-likeness (QED) is 0.147. The average molecular weight is 796 g/mol. The first-order valence-electron chi connectivity index (χ1n) is 19.8. The third-order valence-corrected chi connectivity index (χ3v) is 10.9. The Hall–Kier alpha value is -4.37. The summed E-state index contributed by atoms with van der Waals surface area (Å²) >= 11 is 0. The molecule has 2 heterocycles. The summed E-state index contributed by atoms with van der Waals surface area (Å²) in [5.41, 5.74) is -0.0357. The molecule has 2 fully saturated rings. The molecule has 0 saturated carbocycles. The number of nitrogens with zero attached hydrogens (tertiary/aromatic N) is 1. The molecule has 2 aliphatic rings. The number of benzene rings is 2. The Kier molecular flexibility index (Phi) is 14.7. The number of carbonyl (C=O) groups excluding carboxylic acids is 5. The highest BCUT2D eigenvalue weighted by Gasteiger charge is 2.75. The van der Waals surface area contributed by atoms with Crippen molar-refractivity contribution in [3.8, 4) is 0 Å². The summed E-state index contributed by atoms with van der Waals surface area (Å²) in [4.78, 5) is 65.1. The smallest absolute Gasteiger partial charge is 0.303 e. The van der Waals surface area contributed by atoms with Gasteiger partial charge in [0.15, 0.2) is 17.8 Å². The zero-order chi connectivity index (χ0) is 42.3. The van der Waals surface area contributed by atoms with Gasteiger partial charge in [-0.2, -0.15) is 0 Å². The summed E-state index contributed by atoms with van der Waals surface area (Å²) in [6.45, 7) is 18.9. The van der Waals surface area contributed by atoms with E-state index in [9.17, 15) is 29.1 Å². The number of carbonyl (C=O) groups is 5.